The van der Waals surface area contributed by atoms with Crippen molar-refractivity contribution in [2.45, 2.75) is 12.1 Å². The zero-order chi connectivity index (χ0) is 41.0. The fourth-order valence-corrected chi connectivity index (χ4v) is 9.88. The van der Waals surface area contributed by atoms with Crippen LogP contribution in [0.25, 0.3) is 70.2 Å². The molecule has 0 heterocycles. The third kappa shape index (κ3) is 6.19. The highest BCUT2D eigenvalue weighted by Gasteiger charge is 2.43. The zero-order valence-corrected chi connectivity index (χ0v) is 34.2. The minimum atomic E-state index is -0.720. The molecule has 0 spiro atoms. The van der Waals surface area contributed by atoms with Crippen molar-refractivity contribution < 1.29 is 0 Å². The van der Waals surface area contributed by atoms with Crippen LogP contribution in [0.5, 0.6) is 0 Å². The Kier molecular flexibility index (Phi) is 8.50. The number of hydrogen-bond donors (Lipinski definition) is 0. The number of rotatable bonds is 7. The van der Waals surface area contributed by atoms with Crippen LogP contribution < -0.4 is 9.80 Å². The van der Waals surface area contributed by atoms with Gasteiger partial charge in [-0.05, 0) is 179 Å². The van der Waals surface area contributed by atoms with Gasteiger partial charge in [-0.2, -0.15) is 0 Å². The summed E-state index contributed by atoms with van der Waals surface area (Å²) >= 11 is 0. The summed E-state index contributed by atoms with van der Waals surface area (Å²) in [6.45, 7) is 0. The molecule has 0 fully saturated rings. The molecule has 2 nitrogen and oxygen atoms in total. The highest BCUT2D eigenvalue weighted by molar-refractivity contribution is 6.07. The number of benzene rings is 11. The lowest BCUT2D eigenvalue weighted by Gasteiger charge is -2.52. The molecular formula is C60H42N2. The van der Waals surface area contributed by atoms with Crippen molar-refractivity contribution in [3.05, 3.63) is 248 Å². The first kappa shape index (κ1) is 36.0. The van der Waals surface area contributed by atoms with E-state index in [2.05, 4.69) is 252 Å². The maximum atomic E-state index is 2.57. The molecule has 12 rings (SSSR count). The van der Waals surface area contributed by atoms with Gasteiger partial charge in [0.25, 0.3) is 0 Å². The third-order valence-corrected chi connectivity index (χ3v) is 12.9. The van der Waals surface area contributed by atoms with Gasteiger partial charge in [0.05, 0.1) is 0 Å². The van der Waals surface area contributed by atoms with Crippen LogP contribution in [0.4, 0.5) is 22.7 Å². The largest absolute Gasteiger partial charge is 0.314 e. The average Bonchev–Trinajstić information content (AvgIpc) is 3.32. The average molecular weight is 791 g/mol. The zero-order valence-electron chi connectivity index (χ0n) is 34.2. The first-order chi connectivity index (χ1) is 30.6. The van der Waals surface area contributed by atoms with Crippen LogP contribution in [0.3, 0.4) is 0 Å². The molecule has 0 bridgehead atoms. The van der Waals surface area contributed by atoms with E-state index in [1.807, 2.05) is 0 Å². The minimum absolute atomic E-state index is 0.709. The van der Waals surface area contributed by atoms with Crippen LogP contribution >= 0.6 is 0 Å². The predicted octanol–water partition coefficient (Wildman–Crippen LogP) is 16.3. The van der Waals surface area contributed by atoms with Gasteiger partial charge in [-0.1, -0.05) is 140 Å². The molecule has 0 atom stereocenters. The summed E-state index contributed by atoms with van der Waals surface area (Å²) in [4.78, 5) is 5.13. The molecule has 0 radical (unpaired) electrons. The number of fused-ring (bicyclic) bond motifs is 6. The smallest absolute Gasteiger partial charge is 0.145 e. The van der Waals surface area contributed by atoms with Gasteiger partial charge < -0.3 is 9.80 Å². The number of nitrogens with zero attached hydrogens (tertiary/aromatic N) is 2. The topological polar surface area (TPSA) is 6.48 Å². The van der Waals surface area contributed by atoms with E-state index in [1.54, 1.807) is 0 Å². The van der Waals surface area contributed by atoms with Gasteiger partial charge in [0, 0.05) is 29.2 Å². The van der Waals surface area contributed by atoms with Crippen LogP contribution in [-0.4, -0.2) is 5.66 Å². The first-order valence-corrected chi connectivity index (χ1v) is 21.5. The second-order valence-corrected chi connectivity index (χ2v) is 16.6. The molecule has 0 saturated carbocycles. The molecule has 11 aromatic rings. The van der Waals surface area contributed by atoms with Crippen LogP contribution in [0.2, 0.25) is 0 Å². The van der Waals surface area contributed by atoms with Gasteiger partial charge in [0.2, 0.25) is 0 Å². The van der Waals surface area contributed by atoms with E-state index < -0.39 is 5.66 Å². The number of anilines is 4. The van der Waals surface area contributed by atoms with Crippen LogP contribution in [0.1, 0.15) is 12.0 Å². The quantitative estimate of drug-likeness (QED) is 0.117. The Labute approximate surface area is 361 Å². The fraction of sp³-hybridized carbons (Fsp3) is 0.0333. The molecule has 0 amide bonds. The molecule has 0 N–H and O–H groups in total. The van der Waals surface area contributed by atoms with E-state index >= 15 is 0 Å². The van der Waals surface area contributed by atoms with E-state index in [4.69, 9.17) is 0 Å². The predicted molar refractivity (Wildman–Crippen MR) is 266 cm³/mol. The Balaban J connectivity index is 1.10. The molecule has 62 heavy (non-hydrogen) atoms. The van der Waals surface area contributed by atoms with Gasteiger partial charge in [-0.25, -0.2) is 0 Å². The summed E-state index contributed by atoms with van der Waals surface area (Å²) in [5, 5.41) is 14.9. The second kappa shape index (κ2) is 14.7. The Morgan fingerprint density at radius 2 is 0.629 bits per heavy atom. The number of allylic oxidation sites excluding steroid dienone is 2. The van der Waals surface area contributed by atoms with Crippen molar-refractivity contribution in [3.8, 4) is 0 Å². The maximum Gasteiger partial charge on any atom is 0.145 e. The summed E-state index contributed by atoms with van der Waals surface area (Å²) in [5.74, 6) is 0. The molecule has 11 aromatic carbocycles. The van der Waals surface area contributed by atoms with Gasteiger partial charge in [0.1, 0.15) is 5.66 Å². The summed E-state index contributed by atoms with van der Waals surface area (Å²) < 4.78 is 0. The monoisotopic (exact) mass is 790 g/mol. The first-order valence-electron chi connectivity index (χ1n) is 21.5. The lowest BCUT2D eigenvalue weighted by molar-refractivity contribution is 0.526. The summed E-state index contributed by atoms with van der Waals surface area (Å²) in [7, 11) is 0. The van der Waals surface area contributed by atoms with E-state index in [0.29, 0.717) is 6.42 Å². The van der Waals surface area contributed by atoms with E-state index in [-0.39, 0.29) is 0 Å². The summed E-state index contributed by atoms with van der Waals surface area (Å²) in [6.07, 6.45) is 7.92. The Morgan fingerprint density at radius 3 is 1.02 bits per heavy atom. The van der Waals surface area contributed by atoms with Gasteiger partial charge in [-0.15, -0.1) is 0 Å². The fourth-order valence-electron chi connectivity index (χ4n) is 9.88. The van der Waals surface area contributed by atoms with Crippen molar-refractivity contribution in [2.75, 3.05) is 9.80 Å². The lowest BCUT2D eigenvalue weighted by atomic mass is 9.88. The summed E-state index contributed by atoms with van der Waals surface area (Å²) in [6, 6.07) is 82.7. The second-order valence-electron chi connectivity index (χ2n) is 16.6. The molecular weight excluding hydrogens is 749 g/mol. The van der Waals surface area contributed by atoms with Crippen LogP contribution in [-0.2, 0) is 0 Å². The van der Waals surface area contributed by atoms with Crippen molar-refractivity contribution in [3.63, 3.8) is 0 Å². The molecule has 0 saturated heterocycles. The van der Waals surface area contributed by atoms with E-state index in [0.717, 1.165) is 22.7 Å². The molecule has 0 unspecified atom stereocenters. The van der Waals surface area contributed by atoms with Gasteiger partial charge in [0.15, 0.2) is 0 Å². The molecule has 0 aromatic heterocycles. The van der Waals surface area contributed by atoms with Gasteiger partial charge >= 0.3 is 0 Å². The lowest BCUT2D eigenvalue weighted by Crippen LogP contribution is -2.57. The van der Waals surface area contributed by atoms with Crippen molar-refractivity contribution >= 4 is 93.0 Å². The molecule has 292 valence electrons. The van der Waals surface area contributed by atoms with Crippen molar-refractivity contribution in [1.29, 1.82) is 0 Å². The molecule has 1 aliphatic carbocycles. The molecule has 1 aliphatic rings. The standard InChI is InChI=1S/C60H42N2/c1-4-14-42(15-5-1)43-28-30-60(31-29-43,61(56-20-6-2-7-21-56)58-26-24-48-36-50-32-44-16-10-12-18-46(44)34-52(50)38-54(48)40-58)62(57-22-8-3-9-23-57)59-27-25-49-37-51-33-45-17-11-13-19-47(45)35-53(51)39-55(49)41-59/h1-30,32-41H,31H2. The van der Waals surface area contributed by atoms with E-state index in [9.17, 15) is 0 Å². The third-order valence-electron chi connectivity index (χ3n) is 12.9. The van der Waals surface area contributed by atoms with Crippen LogP contribution in [0, 0.1) is 0 Å². The Morgan fingerprint density at radius 1 is 0.290 bits per heavy atom. The number of para-hydroxylation sites is 2. The SMILES string of the molecule is C1=CC(N(c2ccccc2)c2ccc3cc4cc5ccccc5cc4cc3c2)(N(c2ccccc2)c2ccc3cc4cc5ccccc5cc4cc3c2)CC=C1c1ccccc1. The van der Waals surface area contributed by atoms with Gasteiger partial charge in [-0.3, -0.25) is 0 Å². The minimum Gasteiger partial charge on any atom is -0.314 e. The Hall–Kier alpha value is -7.94. The number of hydrogen-bond acceptors (Lipinski definition) is 2. The molecule has 2 heteroatoms. The van der Waals surface area contributed by atoms with Crippen molar-refractivity contribution in [2.24, 2.45) is 0 Å². The highest BCUT2D eigenvalue weighted by Crippen LogP contribution is 2.48. The normalized spacial score (nSPS) is 13.6. The highest BCUT2D eigenvalue weighted by atomic mass is 15.4. The molecule has 0 aliphatic heterocycles. The van der Waals surface area contributed by atoms with E-state index in [1.165, 1.54) is 75.8 Å². The van der Waals surface area contributed by atoms with Crippen molar-refractivity contribution in [1.82, 2.24) is 0 Å². The summed E-state index contributed by atoms with van der Waals surface area (Å²) in [5.41, 5.74) is 6.16. The maximum absolute atomic E-state index is 2.57. The Bertz CT molecular complexity index is 3350. The van der Waals surface area contributed by atoms with Crippen LogP contribution in [0.15, 0.2) is 243 Å².